The molecule has 3 heteroatoms. The first-order valence-corrected chi connectivity index (χ1v) is 4.63. The van der Waals surface area contributed by atoms with Crippen LogP contribution in [0.25, 0.3) is 0 Å². The van der Waals surface area contributed by atoms with Gasteiger partial charge in [0, 0.05) is 6.04 Å². The molecule has 0 spiro atoms. The Morgan fingerprint density at radius 3 is 2.93 bits per heavy atom. The van der Waals surface area contributed by atoms with Crippen LogP contribution in [-0.2, 0) is 0 Å². The average Bonchev–Trinajstić information content (AvgIpc) is 2.18. The van der Waals surface area contributed by atoms with E-state index in [2.05, 4.69) is 6.58 Å². The summed E-state index contributed by atoms with van der Waals surface area (Å²) in [5.74, 6) is 0. The topological polar surface area (TPSA) is 49.8 Å². The van der Waals surface area contributed by atoms with E-state index in [1.54, 1.807) is 18.2 Å². The van der Waals surface area contributed by atoms with Crippen LogP contribution in [0, 0.1) is 11.3 Å². The van der Waals surface area contributed by atoms with E-state index < -0.39 is 0 Å². The van der Waals surface area contributed by atoms with E-state index in [1.807, 2.05) is 12.1 Å². The molecule has 1 atom stereocenters. The third kappa shape index (κ3) is 2.14. The Hall–Kier alpha value is -1.30. The lowest BCUT2D eigenvalue weighted by Gasteiger charge is -2.11. The number of halogens is 1. The molecule has 0 bridgehead atoms. The van der Waals surface area contributed by atoms with E-state index >= 15 is 0 Å². The van der Waals surface area contributed by atoms with Crippen LogP contribution in [-0.4, -0.2) is 0 Å². The number of nitriles is 1. The molecular formula is C11H11ClN2. The Morgan fingerprint density at radius 1 is 1.64 bits per heavy atom. The highest BCUT2D eigenvalue weighted by Crippen LogP contribution is 2.26. The second-order valence-electron chi connectivity index (χ2n) is 2.95. The van der Waals surface area contributed by atoms with E-state index in [-0.39, 0.29) is 6.04 Å². The quantitative estimate of drug-likeness (QED) is 0.774. The van der Waals surface area contributed by atoms with Gasteiger partial charge in [-0.05, 0) is 18.1 Å². The molecule has 0 aliphatic carbocycles. The monoisotopic (exact) mass is 206 g/mol. The van der Waals surface area contributed by atoms with Gasteiger partial charge in [0.25, 0.3) is 0 Å². The van der Waals surface area contributed by atoms with Gasteiger partial charge < -0.3 is 5.73 Å². The van der Waals surface area contributed by atoms with Gasteiger partial charge in [0.15, 0.2) is 0 Å². The molecule has 0 saturated carbocycles. The lowest BCUT2D eigenvalue weighted by molar-refractivity contribution is 0.742. The molecule has 2 N–H and O–H groups in total. The van der Waals surface area contributed by atoms with Crippen LogP contribution in [0.4, 0.5) is 0 Å². The van der Waals surface area contributed by atoms with Gasteiger partial charge in [-0.2, -0.15) is 5.26 Å². The second-order valence-corrected chi connectivity index (χ2v) is 3.33. The van der Waals surface area contributed by atoms with Crippen molar-refractivity contribution in [2.75, 3.05) is 0 Å². The van der Waals surface area contributed by atoms with Crippen molar-refractivity contribution in [1.29, 1.82) is 5.26 Å². The highest BCUT2D eigenvalue weighted by molar-refractivity contribution is 6.32. The fraction of sp³-hybridized carbons (Fsp3) is 0.182. The molecule has 72 valence electrons. The van der Waals surface area contributed by atoms with Crippen LogP contribution in [0.3, 0.4) is 0 Å². The van der Waals surface area contributed by atoms with Crippen molar-refractivity contribution in [3.8, 4) is 6.07 Å². The number of benzene rings is 1. The third-order valence-corrected chi connectivity index (χ3v) is 2.39. The zero-order valence-electron chi connectivity index (χ0n) is 7.70. The van der Waals surface area contributed by atoms with Crippen molar-refractivity contribution in [2.45, 2.75) is 12.5 Å². The predicted molar refractivity (Wildman–Crippen MR) is 57.9 cm³/mol. The Kier molecular flexibility index (Phi) is 3.70. The summed E-state index contributed by atoms with van der Waals surface area (Å²) in [5, 5.41) is 9.21. The maximum atomic E-state index is 8.76. The summed E-state index contributed by atoms with van der Waals surface area (Å²) in [4.78, 5) is 0. The molecule has 0 saturated heterocycles. The molecule has 0 amide bonds. The molecular weight excluding hydrogens is 196 g/mol. The third-order valence-electron chi connectivity index (χ3n) is 1.97. The molecule has 1 aromatic carbocycles. The fourth-order valence-electron chi connectivity index (χ4n) is 1.23. The lowest BCUT2D eigenvalue weighted by Crippen LogP contribution is -2.09. The molecule has 0 radical (unpaired) electrons. The van der Waals surface area contributed by atoms with Gasteiger partial charge in [-0.25, -0.2) is 0 Å². The van der Waals surface area contributed by atoms with Crippen molar-refractivity contribution in [3.05, 3.63) is 47.0 Å². The van der Waals surface area contributed by atoms with E-state index in [9.17, 15) is 0 Å². The van der Waals surface area contributed by atoms with E-state index in [4.69, 9.17) is 22.6 Å². The van der Waals surface area contributed by atoms with Crippen LogP contribution in [0.1, 0.15) is 23.6 Å². The standard InChI is InChI=1S/C11H11ClN2/c1-2-4-10(14)9-6-3-5-8(7-13)11(9)12/h2-3,5-6,10H,1,4,14H2. The van der Waals surface area contributed by atoms with Gasteiger partial charge in [-0.15, -0.1) is 6.58 Å². The molecule has 1 aromatic rings. The Labute approximate surface area is 88.6 Å². The number of nitrogens with zero attached hydrogens (tertiary/aromatic N) is 1. The lowest BCUT2D eigenvalue weighted by atomic mass is 10.0. The first kappa shape index (κ1) is 10.8. The largest absolute Gasteiger partial charge is 0.324 e. The molecule has 0 aromatic heterocycles. The smallest absolute Gasteiger partial charge is 0.101 e. The molecule has 0 aliphatic rings. The molecule has 1 unspecified atom stereocenters. The minimum Gasteiger partial charge on any atom is -0.324 e. The molecule has 2 nitrogen and oxygen atoms in total. The van der Waals surface area contributed by atoms with Gasteiger partial charge >= 0.3 is 0 Å². The summed E-state index contributed by atoms with van der Waals surface area (Å²) in [5.41, 5.74) is 7.12. The predicted octanol–water partition coefficient (Wildman–Crippen LogP) is 2.79. The summed E-state index contributed by atoms with van der Waals surface area (Å²) in [6.07, 6.45) is 2.38. The molecule has 14 heavy (non-hydrogen) atoms. The summed E-state index contributed by atoms with van der Waals surface area (Å²) < 4.78 is 0. The zero-order chi connectivity index (χ0) is 10.6. The summed E-state index contributed by atoms with van der Waals surface area (Å²) >= 11 is 6.00. The van der Waals surface area contributed by atoms with Gasteiger partial charge in [-0.1, -0.05) is 29.8 Å². The van der Waals surface area contributed by atoms with Crippen molar-refractivity contribution in [2.24, 2.45) is 5.73 Å². The number of rotatable bonds is 3. The molecule has 1 rings (SSSR count). The first-order valence-electron chi connectivity index (χ1n) is 4.25. The van der Waals surface area contributed by atoms with Gasteiger partial charge in [0.05, 0.1) is 10.6 Å². The van der Waals surface area contributed by atoms with Crippen LogP contribution < -0.4 is 5.73 Å². The van der Waals surface area contributed by atoms with Crippen molar-refractivity contribution < 1.29 is 0 Å². The average molecular weight is 207 g/mol. The van der Waals surface area contributed by atoms with Gasteiger partial charge in [0.1, 0.15) is 6.07 Å². The molecule has 0 fully saturated rings. The van der Waals surface area contributed by atoms with E-state index in [0.29, 0.717) is 17.0 Å². The van der Waals surface area contributed by atoms with Crippen molar-refractivity contribution in [3.63, 3.8) is 0 Å². The first-order chi connectivity index (χ1) is 6.70. The SMILES string of the molecule is C=CCC(N)c1cccc(C#N)c1Cl. The highest BCUT2D eigenvalue weighted by Gasteiger charge is 2.11. The normalized spacial score (nSPS) is 11.8. The minimum atomic E-state index is -0.187. The number of hydrogen-bond donors (Lipinski definition) is 1. The second kappa shape index (κ2) is 4.80. The highest BCUT2D eigenvalue weighted by atomic mass is 35.5. The van der Waals surface area contributed by atoms with Crippen molar-refractivity contribution in [1.82, 2.24) is 0 Å². The summed E-state index contributed by atoms with van der Waals surface area (Å²) in [7, 11) is 0. The Morgan fingerprint density at radius 2 is 2.36 bits per heavy atom. The molecule has 0 heterocycles. The van der Waals surface area contributed by atoms with E-state index in [1.165, 1.54) is 0 Å². The van der Waals surface area contributed by atoms with Crippen LogP contribution in [0.5, 0.6) is 0 Å². The number of nitrogens with two attached hydrogens (primary N) is 1. The van der Waals surface area contributed by atoms with Crippen molar-refractivity contribution >= 4 is 11.6 Å². The maximum absolute atomic E-state index is 8.76. The van der Waals surface area contributed by atoms with Crippen LogP contribution in [0.2, 0.25) is 5.02 Å². The van der Waals surface area contributed by atoms with Crippen LogP contribution >= 0.6 is 11.6 Å². The molecule has 0 aliphatic heterocycles. The van der Waals surface area contributed by atoms with Gasteiger partial charge in [-0.3, -0.25) is 0 Å². The summed E-state index contributed by atoms with van der Waals surface area (Å²) in [6.45, 7) is 3.61. The Balaban J connectivity index is 3.10. The van der Waals surface area contributed by atoms with E-state index in [0.717, 1.165) is 5.56 Å². The van der Waals surface area contributed by atoms with Crippen LogP contribution in [0.15, 0.2) is 30.9 Å². The number of hydrogen-bond acceptors (Lipinski definition) is 2. The summed E-state index contributed by atoms with van der Waals surface area (Å²) in [6, 6.07) is 7.12. The Bertz CT molecular complexity index is 379. The minimum absolute atomic E-state index is 0.187. The maximum Gasteiger partial charge on any atom is 0.101 e. The zero-order valence-corrected chi connectivity index (χ0v) is 8.46. The fourth-order valence-corrected chi connectivity index (χ4v) is 1.54. The van der Waals surface area contributed by atoms with Gasteiger partial charge in [0.2, 0.25) is 0 Å².